The molecule has 0 aromatic carbocycles. The molecule has 0 spiro atoms. The lowest BCUT2D eigenvalue weighted by molar-refractivity contribution is -0.235. The van der Waals surface area contributed by atoms with E-state index in [-0.39, 0.29) is 6.29 Å². The fourth-order valence-electron chi connectivity index (χ4n) is 8.18. The Morgan fingerprint density at radius 3 is 1.66 bits per heavy atom. The molecule has 4 rings (SSSR count). The molecule has 2 nitrogen and oxygen atoms in total. The van der Waals surface area contributed by atoms with Crippen molar-refractivity contribution in [2.45, 2.75) is 123 Å². The van der Waals surface area contributed by atoms with E-state index in [0.29, 0.717) is 30.1 Å². The summed E-state index contributed by atoms with van der Waals surface area (Å²) in [5.41, 5.74) is 0. The summed E-state index contributed by atoms with van der Waals surface area (Å²) >= 11 is 0. The summed E-state index contributed by atoms with van der Waals surface area (Å²) in [6.45, 7) is 6.41. The standard InChI is InChI=1S/C31H52F2O2/c1-3-5-22(2)29-20-34-31(35-21-29)28-18-16-27(17-19-28)26-14-12-25(13-15-26)24-10-8-23(9-11-24)6-4-7-30(32)33/h7,22-29,31H,3-6,8-21H2,1-2H3. The zero-order valence-corrected chi connectivity index (χ0v) is 22.6. The molecule has 35 heavy (non-hydrogen) atoms. The van der Waals surface area contributed by atoms with E-state index in [4.69, 9.17) is 9.47 Å². The third kappa shape index (κ3) is 8.00. The van der Waals surface area contributed by atoms with Crippen LogP contribution in [-0.4, -0.2) is 19.5 Å². The van der Waals surface area contributed by atoms with Gasteiger partial charge in [-0.2, -0.15) is 8.78 Å². The van der Waals surface area contributed by atoms with Crippen molar-refractivity contribution in [3.8, 4) is 0 Å². The molecule has 0 bridgehead atoms. The molecule has 4 aliphatic rings. The topological polar surface area (TPSA) is 18.5 Å². The van der Waals surface area contributed by atoms with E-state index in [9.17, 15) is 8.78 Å². The highest BCUT2D eigenvalue weighted by Gasteiger charge is 2.37. The molecule has 1 unspecified atom stereocenters. The van der Waals surface area contributed by atoms with Gasteiger partial charge < -0.3 is 9.47 Å². The maximum atomic E-state index is 12.3. The van der Waals surface area contributed by atoms with E-state index in [1.165, 1.54) is 89.9 Å². The van der Waals surface area contributed by atoms with Crippen LogP contribution in [0.4, 0.5) is 8.78 Å². The summed E-state index contributed by atoms with van der Waals surface area (Å²) in [5.74, 6) is 6.27. The molecule has 202 valence electrons. The minimum Gasteiger partial charge on any atom is -0.352 e. The highest BCUT2D eigenvalue weighted by Crippen LogP contribution is 2.47. The zero-order valence-electron chi connectivity index (χ0n) is 22.6. The van der Waals surface area contributed by atoms with Crippen LogP contribution in [0.1, 0.15) is 117 Å². The highest BCUT2D eigenvalue weighted by molar-refractivity contribution is 4.88. The predicted molar refractivity (Wildman–Crippen MR) is 139 cm³/mol. The van der Waals surface area contributed by atoms with Gasteiger partial charge in [0.1, 0.15) is 0 Å². The van der Waals surface area contributed by atoms with E-state index in [2.05, 4.69) is 13.8 Å². The van der Waals surface area contributed by atoms with Crippen molar-refractivity contribution in [1.82, 2.24) is 0 Å². The van der Waals surface area contributed by atoms with Crippen molar-refractivity contribution in [2.24, 2.45) is 47.3 Å². The second-order valence-corrected chi connectivity index (χ2v) is 12.8. The van der Waals surface area contributed by atoms with Gasteiger partial charge >= 0.3 is 0 Å². The summed E-state index contributed by atoms with van der Waals surface area (Å²) in [4.78, 5) is 0. The Bertz CT molecular complexity index is 616. The van der Waals surface area contributed by atoms with Crippen molar-refractivity contribution < 1.29 is 18.3 Å². The van der Waals surface area contributed by atoms with E-state index in [0.717, 1.165) is 49.4 Å². The molecule has 4 heteroatoms. The van der Waals surface area contributed by atoms with Crippen LogP contribution in [0.5, 0.6) is 0 Å². The predicted octanol–water partition coefficient (Wildman–Crippen LogP) is 9.39. The minimum atomic E-state index is -1.51. The summed E-state index contributed by atoms with van der Waals surface area (Å²) in [6.07, 6.45) is 20.0. The van der Waals surface area contributed by atoms with Crippen LogP contribution in [0, 0.1) is 47.3 Å². The fraction of sp³-hybridized carbons (Fsp3) is 0.935. The van der Waals surface area contributed by atoms with E-state index < -0.39 is 6.08 Å². The van der Waals surface area contributed by atoms with E-state index in [1.807, 2.05) is 0 Å². The second-order valence-electron chi connectivity index (χ2n) is 12.8. The monoisotopic (exact) mass is 494 g/mol. The normalized spacial score (nSPS) is 39.7. The molecule has 4 fully saturated rings. The van der Waals surface area contributed by atoms with Crippen molar-refractivity contribution in [1.29, 1.82) is 0 Å². The molecule has 1 saturated heterocycles. The van der Waals surface area contributed by atoms with Crippen LogP contribution >= 0.6 is 0 Å². The third-order valence-corrected chi connectivity index (χ3v) is 10.6. The molecule has 3 aliphatic carbocycles. The molecule has 0 radical (unpaired) electrons. The van der Waals surface area contributed by atoms with Gasteiger partial charge in [-0.05, 0) is 119 Å². The Kier molecular flexibility index (Phi) is 10.9. The second kappa shape index (κ2) is 13.9. The number of hydrogen-bond acceptors (Lipinski definition) is 2. The first-order chi connectivity index (χ1) is 17.0. The van der Waals surface area contributed by atoms with Gasteiger partial charge in [0.2, 0.25) is 0 Å². The SMILES string of the molecule is CCCC(C)C1COC(C2CCC(C3CCC(C4CCC(CCC=C(F)F)CC4)CC3)CC2)OC1. The molecular weight excluding hydrogens is 442 g/mol. The number of ether oxygens (including phenoxy) is 2. The molecule has 1 aliphatic heterocycles. The van der Waals surface area contributed by atoms with Crippen molar-refractivity contribution in [3.63, 3.8) is 0 Å². The first-order valence-electron chi connectivity index (χ1n) is 15.3. The smallest absolute Gasteiger partial charge is 0.266 e. The summed E-state index contributed by atoms with van der Waals surface area (Å²) in [6, 6.07) is 0. The Morgan fingerprint density at radius 1 is 0.743 bits per heavy atom. The molecule has 0 aromatic heterocycles. The summed E-state index contributed by atoms with van der Waals surface area (Å²) in [7, 11) is 0. The highest BCUT2D eigenvalue weighted by atomic mass is 19.3. The van der Waals surface area contributed by atoms with Gasteiger partial charge in [-0.25, -0.2) is 0 Å². The molecule has 1 atom stereocenters. The Labute approximate surface area is 214 Å². The van der Waals surface area contributed by atoms with Gasteiger partial charge in [-0.15, -0.1) is 0 Å². The Balaban J connectivity index is 1.10. The summed E-state index contributed by atoms with van der Waals surface area (Å²) < 4.78 is 37.0. The van der Waals surface area contributed by atoms with E-state index in [1.54, 1.807) is 0 Å². The lowest BCUT2D eigenvalue weighted by atomic mass is 9.65. The average Bonchev–Trinajstić information content (AvgIpc) is 2.89. The van der Waals surface area contributed by atoms with Gasteiger partial charge in [0.15, 0.2) is 6.29 Å². The molecule has 0 amide bonds. The number of halogens is 2. The maximum absolute atomic E-state index is 12.3. The van der Waals surface area contributed by atoms with Crippen molar-refractivity contribution in [2.75, 3.05) is 13.2 Å². The molecular formula is C31H52F2O2. The van der Waals surface area contributed by atoms with Crippen LogP contribution in [0.2, 0.25) is 0 Å². The zero-order chi connectivity index (χ0) is 24.6. The van der Waals surface area contributed by atoms with Gasteiger partial charge in [0.05, 0.1) is 13.2 Å². The molecule has 3 saturated carbocycles. The lowest BCUT2D eigenvalue weighted by Crippen LogP contribution is -2.41. The van der Waals surface area contributed by atoms with Gasteiger partial charge in [-0.1, -0.05) is 39.5 Å². The van der Waals surface area contributed by atoms with Gasteiger partial charge in [0.25, 0.3) is 6.08 Å². The lowest BCUT2D eigenvalue weighted by Gasteiger charge is -2.43. The Hall–Kier alpha value is -0.480. The maximum Gasteiger partial charge on any atom is 0.266 e. The van der Waals surface area contributed by atoms with E-state index >= 15 is 0 Å². The average molecular weight is 495 g/mol. The first-order valence-corrected chi connectivity index (χ1v) is 15.3. The molecule has 0 N–H and O–H groups in total. The minimum absolute atomic E-state index is 0.0545. The van der Waals surface area contributed by atoms with Crippen LogP contribution in [0.3, 0.4) is 0 Å². The van der Waals surface area contributed by atoms with Gasteiger partial charge in [-0.3, -0.25) is 0 Å². The van der Waals surface area contributed by atoms with Gasteiger partial charge in [0, 0.05) is 11.8 Å². The number of allylic oxidation sites excluding steroid dienone is 1. The Morgan fingerprint density at radius 2 is 1.20 bits per heavy atom. The van der Waals surface area contributed by atoms with Crippen molar-refractivity contribution >= 4 is 0 Å². The molecule has 0 aromatic rings. The largest absolute Gasteiger partial charge is 0.352 e. The number of rotatable bonds is 9. The van der Waals surface area contributed by atoms with Crippen LogP contribution in [0.25, 0.3) is 0 Å². The van der Waals surface area contributed by atoms with Crippen LogP contribution in [0.15, 0.2) is 12.2 Å². The summed E-state index contributed by atoms with van der Waals surface area (Å²) in [5, 5.41) is 0. The van der Waals surface area contributed by atoms with Crippen LogP contribution in [-0.2, 0) is 9.47 Å². The first kappa shape index (κ1) is 27.6. The van der Waals surface area contributed by atoms with Crippen LogP contribution < -0.4 is 0 Å². The van der Waals surface area contributed by atoms with Crippen molar-refractivity contribution in [3.05, 3.63) is 12.2 Å². The third-order valence-electron chi connectivity index (χ3n) is 10.6. The quantitative estimate of drug-likeness (QED) is 0.318. The number of hydrogen-bond donors (Lipinski definition) is 0. The molecule has 1 heterocycles. The fourth-order valence-corrected chi connectivity index (χ4v) is 8.18.